The van der Waals surface area contributed by atoms with Crippen molar-refractivity contribution in [3.8, 4) is 0 Å². The molecular weight excluding hydrogens is 224 g/mol. The number of aldehydes is 1. The van der Waals surface area contributed by atoms with Crippen LogP contribution >= 0.6 is 0 Å². The van der Waals surface area contributed by atoms with Gasteiger partial charge in [0.15, 0.2) is 6.29 Å². The van der Waals surface area contributed by atoms with Gasteiger partial charge >= 0.3 is 5.97 Å². The first-order chi connectivity index (χ1) is 7.87. The first-order valence-electron chi connectivity index (χ1n) is 5.55. The average molecular weight is 246 g/mol. The standard InChI is InChI=1S/C12H22O5/c1-9(12(2,3)8-13)6-10(14)17-7-11(15-4)16-5/h8-9,11H,6-7H2,1-5H3. The molecule has 0 aliphatic heterocycles. The van der Waals surface area contributed by atoms with E-state index in [9.17, 15) is 9.59 Å². The molecule has 0 amide bonds. The molecule has 100 valence electrons. The van der Waals surface area contributed by atoms with Crippen LogP contribution in [-0.2, 0) is 23.8 Å². The predicted octanol–water partition coefficient (Wildman–Crippen LogP) is 1.40. The van der Waals surface area contributed by atoms with E-state index in [0.717, 1.165) is 6.29 Å². The fourth-order valence-electron chi connectivity index (χ4n) is 1.08. The van der Waals surface area contributed by atoms with Crippen LogP contribution in [0.15, 0.2) is 0 Å². The van der Waals surface area contributed by atoms with Gasteiger partial charge in [0.25, 0.3) is 0 Å². The van der Waals surface area contributed by atoms with Crippen molar-refractivity contribution in [2.45, 2.75) is 33.5 Å². The van der Waals surface area contributed by atoms with Gasteiger partial charge in [-0.3, -0.25) is 4.79 Å². The molecule has 0 aliphatic carbocycles. The minimum atomic E-state index is -0.548. The molecule has 17 heavy (non-hydrogen) atoms. The Balaban J connectivity index is 4.06. The third-order valence-electron chi connectivity index (χ3n) is 2.95. The summed E-state index contributed by atoms with van der Waals surface area (Å²) in [6.07, 6.45) is 0.512. The van der Waals surface area contributed by atoms with Crippen molar-refractivity contribution in [3.05, 3.63) is 0 Å². The Morgan fingerprint density at radius 2 is 1.82 bits per heavy atom. The van der Waals surface area contributed by atoms with E-state index in [1.165, 1.54) is 14.2 Å². The third kappa shape index (κ3) is 5.79. The van der Waals surface area contributed by atoms with E-state index in [0.29, 0.717) is 0 Å². The lowest BCUT2D eigenvalue weighted by Crippen LogP contribution is -2.28. The molecule has 5 heteroatoms. The highest BCUT2D eigenvalue weighted by atomic mass is 16.7. The van der Waals surface area contributed by atoms with E-state index < -0.39 is 11.7 Å². The highest BCUT2D eigenvalue weighted by Gasteiger charge is 2.27. The maximum Gasteiger partial charge on any atom is 0.306 e. The second-order valence-electron chi connectivity index (χ2n) is 4.63. The van der Waals surface area contributed by atoms with Crippen molar-refractivity contribution in [1.82, 2.24) is 0 Å². The molecule has 0 spiro atoms. The molecule has 0 N–H and O–H groups in total. The number of carbonyl (C=O) groups is 2. The van der Waals surface area contributed by atoms with Crippen molar-refractivity contribution in [3.63, 3.8) is 0 Å². The lowest BCUT2D eigenvalue weighted by Gasteiger charge is -2.24. The van der Waals surface area contributed by atoms with Crippen LogP contribution in [0, 0.1) is 11.3 Å². The molecule has 0 aliphatic rings. The van der Waals surface area contributed by atoms with Crippen LogP contribution in [0.5, 0.6) is 0 Å². The van der Waals surface area contributed by atoms with Crippen LogP contribution in [0.2, 0.25) is 0 Å². The van der Waals surface area contributed by atoms with Gasteiger partial charge < -0.3 is 19.0 Å². The second-order valence-corrected chi connectivity index (χ2v) is 4.63. The predicted molar refractivity (Wildman–Crippen MR) is 62.4 cm³/mol. The summed E-state index contributed by atoms with van der Waals surface area (Å²) in [5.41, 5.74) is -0.527. The van der Waals surface area contributed by atoms with Gasteiger partial charge in [-0.05, 0) is 5.92 Å². The van der Waals surface area contributed by atoms with Crippen LogP contribution < -0.4 is 0 Å². The number of esters is 1. The number of hydrogen-bond donors (Lipinski definition) is 0. The molecule has 0 aromatic carbocycles. The second kappa shape index (κ2) is 7.40. The van der Waals surface area contributed by atoms with E-state index in [1.54, 1.807) is 13.8 Å². The van der Waals surface area contributed by atoms with Gasteiger partial charge in [-0.25, -0.2) is 0 Å². The fraction of sp³-hybridized carbons (Fsp3) is 0.833. The molecule has 0 saturated carbocycles. The highest BCUT2D eigenvalue weighted by molar-refractivity contribution is 5.71. The minimum Gasteiger partial charge on any atom is -0.460 e. The lowest BCUT2D eigenvalue weighted by molar-refractivity contribution is -0.168. The summed E-state index contributed by atoms with van der Waals surface area (Å²) in [7, 11) is 2.94. The monoisotopic (exact) mass is 246 g/mol. The molecule has 0 heterocycles. The molecule has 0 aromatic heterocycles. The summed E-state index contributed by atoms with van der Waals surface area (Å²) in [5, 5.41) is 0. The third-order valence-corrected chi connectivity index (χ3v) is 2.95. The number of rotatable bonds is 8. The highest BCUT2D eigenvalue weighted by Crippen LogP contribution is 2.26. The lowest BCUT2D eigenvalue weighted by atomic mass is 9.80. The topological polar surface area (TPSA) is 61.8 Å². The summed E-state index contributed by atoms with van der Waals surface area (Å²) < 4.78 is 14.8. The van der Waals surface area contributed by atoms with Crippen LogP contribution in [0.3, 0.4) is 0 Å². The molecule has 0 rings (SSSR count). The van der Waals surface area contributed by atoms with Gasteiger partial charge in [0.2, 0.25) is 0 Å². The Labute approximate surface area is 102 Å². The maximum atomic E-state index is 11.5. The van der Waals surface area contributed by atoms with E-state index in [1.807, 2.05) is 6.92 Å². The molecule has 1 atom stereocenters. The Hall–Kier alpha value is -0.940. The quantitative estimate of drug-likeness (QED) is 0.368. The zero-order chi connectivity index (χ0) is 13.5. The van der Waals surface area contributed by atoms with Crippen molar-refractivity contribution in [2.75, 3.05) is 20.8 Å². The van der Waals surface area contributed by atoms with Crippen LogP contribution in [-0.4, -0.2) is 39.4 Å². The fourth-order valence-corrected chi connectivity index (χ4v) is 1.08. The Bertz CT molecular complexity index is 245. The van der Waals surface area contributed by atoms with Gasteiger partial charge in [-0.2, -0.15) is 0 Å². The Morgan fingerprint density at radius 1 is 1.29 bits per heavy atom. The van der Waals surface area contributed by atoms with Crippen LogP contribution in [0.1, 0.15) is 27.2 Å². The van der Waals surface area contributed by atoms with Crippen molar-refractivity contribution < 1.29 is 23.8 Å². The molecule has 1 unspecified atom stereocenters. The van der Waals surface area contributed by atoms with Gasteiger partial charge in [-0.1, -0.05) is 20.8 Å². The Morgan fingerprint density at radius 3 is 2.24 bits per heavy atom. The summed E-state index contributed by atoms with van der Waals surface area (Å²) in [6.45, 7) is 5.50. The zero-order valence-electron chi connectivity index (χ0n) is 11.2. The summed E-state index contributed by atoms with van der Waals surface area (Å²) in [4.78, 5) is 22.3. The van der Waals surface area contributed by atoms with E-state index >= 15 is 0 Å². The summed E-state index contributed by atoms with van der Waals surface area (Å²) in [5.74, 6) is -0.428. The summed E-state index contributed by atoms with van der Waals surface area (Å²) >= 11 is 0. The SMILES string of the molecule is COC(COC(=O)CC(C)C(C)(C)C=O)OC. The van der Waals surface area contributed by atoms with E-state index in [2.05, 4.69) is 0 Å². The van der Waals surface area contributed by atoms with E-state index in [4.69, 9.17) is 14.2 Å². The van der Waals surface area contributed by atoms with Gasteiger partial charge in [-0.15, -0.1) is 0 Å². The van der Waals surface area contributed by atoms with Crippen molar-refractivity contribution in [2.24, 2.45) is 11.3 Å². The minimum absolute atomic E-state index is 0.0556. The molecule has 0 fully saturated rings. The maximum absolute atomic E-state index is 11.5. The summed E-state index contributed by atoms with van der Waals surface area (Å²) in [6, 6.07) is 0. The van der Waals surface area contributed by atoms with Crippen molar-refractivity contribution >= 4 is 12.3 Å². The first-order valence-corrected chi connectivity index (χ1v) is 5.55. The van der Waals surface area contributed by atoms with Crippen LogP contribution in [0.4, 0.5) is 0 Å². The van der Waals surface area contributed by atoms with Gasteiger partial charge in [0.1, 0.15) is 12.9 Å². The van der Waals surface area contributed by atoms with Crippen molar-refractivity contribution in [1.29, 1.82) is 0 Å². The largest absolute Gasteiger partial charge is 0.460 e. The van der Waals surface area contributed by atoms with Gasteiger partial charge in [0, 0.05) is 26.1 Å². The molecular formula is C12H22O5. The number of ether oxygens (including phenoxy) is 3. The average Bonchev–Trinajstić information content (AvgIpc) is 2.30. The molecule has 0 saturated heterocycles. The van der Waals surface area contributed by atoms with Gasteiger partial charge in [0.05, 0.1) is 0 Å². The molecule has 0 bridgehead atoms. The zero-order valence-corrected chi connectivity index (χ0v) is 11.2. The van der Waals surface area contributed by atoms with Crippen LogP contribution in [0.25, 0.3) is 0 Å². The van der Waals surface area contributed by atoms with E-state index in [-0.39, 0.29) is 24.9 Å². The molecule has 0 radical (unpaired) electrons. The number of methoxy groups -OCH3 is 2. The molecule has 5 nitrogen and oxygen atoms in total. The first kappa shape index (κ1) is 16.1. The smallest absolute Gasteiger partial charge is 0.306 e. The normalized spacial score (nSPS) is 13.5. The number of hydrogen-bond acceptors (Lipinski definition) is 5. The molecule has 0 aromatic rings. The Kier molecular flexibility index (Phi) is 6.99. The number of carbonyl (C=O) groups excluding carboxylic acids is 2.